The zero-order chi connectivity index (χ0) is 18.9. The van der Waals surface area contributed by atoms with Crippen molar-refractivity contribution in [1.29, 1.82) is 0 Å². The number of H-pyrrole nitrogens is 1. The Bertz CT molecular complexity index is 1010. The molecular formula is C22H24N2O2. The van der Waals surface area contributed by atoms with E-state index in [2.05, 4.69) is 4.98 Å². The SMILES string of the molecule is Cc1ccccc1N(Cc1cc2ccccc2[nH]c1=O)C(=O)C(C)(C)C. The number of benzene rings is 2. The van der Waals surface area contributed by atoms with Crippen molar-refractivity contribution >= 4 is 22.5 Å². The number of carbonyl (C=O) groups is 1. The van der Waals surface area contributed by atoms with E-state index in [4.69, 9.17) is 0 Å². The molecule has 4 nitrogen and oxygen atoms in total. The standard InChI is InChI=1S/C22H24N2O2/c1-15-9-5-8-12-19(15)24(21(26)22(2,3)4)14-17-13-16-10-6-7-11-18(16)23-20(17)25/h5-13H,14H2,1-4H3,(H,23,25). The van der Waals surface area contributed by atoms with Gasteiger partial charge in [0, 0.05) is 22.2 Å². The zero-order valence-electron chi connectivity index (χ0n) is 15.7. The Kier molecular flexibility index (Phi) is 4.68. The molecule has 3 rings (SSSR count). The van der Waals surface area contributed by atoms with Gasteiger partial charge in [-0.3, -0.25) is 9.59 Å². The van der Waals surface area contributed by atoms with Crippen LogP contribution in [0, 0.1) is 12.3 Å². The normalized spacial score (nSPS) is 11.5. The van der Waals surface area contributed by atoms with Gasteiger partial charge >= 0.3 is 0 Å². The Morgan fingerprint density at radius 3 is 2.38 bits per heavy atom. The molecule has 0 spiro atoms. The number of anilines is 1. The minimum Gasteiger partial charge on any atom is -0.322 e. The van der Waals surface area contributed by atoms with E-state index in [0.717, 1.165) is 22.2 Å². The summed E-state index contributed by atoms with van der Waals surface area (Å²) < 4.78 is 0. The average Bonchev–Trinajstić information content (AvgIpc) is 2.59. The van der Waals surface area contributed by atoms with Crippen molar-refractivity contribution in [2.45, 2.75) is 34.2 Å². The maximum atomic E-state index is 13.1. The Hall–Kier alpha value is -2.88. The van der Waals surface area contributed by atoms with Crippen LogP contribution in [-0.4, -0.2) is 10.9 Å². The van der Waals surface area contributed by atoms with E-state index in [1.165, 1.54) is 0 Å². The second-order valence-electron chi connectivity index (χ2n) is 7.64. The number of nitrogens with one attached hydrogen (secondary N) is 1. The van der Waals surface area contributed by atoms with Crippen molar-refractivity contribution in [3.8, 4) is 0 Å². The highest BCUT2D eigenvalue weighted by atomic mass is 16.2. The summed E-state index contributed by atoms with van der Waals surface area (Å²) in [6.07, 6.45) is 0. The third kappa shape index (κ3) is 3.54. The van der Waals surface area contributed by atoms with Crippen LogP contribution in [0.1, 0.15) is 31.9 Å². The number of para-hydroxylation sites is 2. The molecule has 0 unspecified atom stereocenters. The number of amides is 1. The third-order valence-corrected chi connectivity index (χ3v) is 4.45. The summed E-state index contributed by atoms with van der Waals surface area (Å²) in [5.74, 6) is -0.0145. The molecule has 3 aromatic rings. The van der Waals surface area contributed by atoms with Gasteiger partial charge in [0.25, 0.3) is 5.56 Å². The monoisotopic (exact) mass is 348 g/mol. The van der Waals surface area contributed by atoms with E-state index in [1.807, 2.05) is 82.3 Å². The van der Waals surface area contributed by atoms with Gasteiger partial charge in [0.1, 0.15) is 0 Å². The Morgan fingerprint density at radius 1 is 1.04 bits per heavy atom. The summed E-state index contributed by atoms with van der Waals surface area (Å²) in [5.41, 5.74) is 2.49. The quantitative estimate of drug-likeness (QED) is 0.762. The minimum atomic E-state index is -0.550. The molecule has 0 bridgehead atoms. The molecule has 0 fully saturated rings. The van der Waals surface area contributed by atoms with Gasteiger partial charge in [-0.2, -0.15) is 0 Å². The van der Waals surface area contributed by atoms with Crippen LogP contribution in [0.5, 0.6) is 0 Å². The second kappa shape index (κ2) is 6.79. The van der Waals surface area contributed by atoms with Crippen LogP contribution in [0.4, 0.5) is 5.69 Å². The van der Waals surface area contributed by atoms with Crippen LogP contribution in [0.3, 0.4) is 0 Å². The average molecular weight is 348 g/mol. The first kappa shape index (κ1) is 17.9. The highest BCUT2D eigenvalue weighted by Crippen LogP contribution is 2.27. The molecule has 0 aliphatic heterocycles. The molecule has 0 aliphatic rings. The highest BCUT2D eigenvalue weighted by molar-refractivity contribution is 5.97. The number of carbonyl (C=O) groups excluding carboxylic acids is 1. The summed E-state index contributed by atoms with van der Waals surface area (Å²) in [6, 6.07) is 17.3. The van der Waals surface area contributed by atoms with Crippen molar-refractivity contribution in [2.75, 3.05) is 4.90 Å². The number of aryl methyl sites for hydroxylation is 1. The number of rotatable bonds is 3. The first-order valence-corrected chi connectivity index (χ1v) is 8.76. The fraction of sp³-hybridized carbons (Fsp3) is 0.273. The Morgan fingerprint density at radius 2 is 1.69 bits per heavy atom. The van der Waals surface area contributed by atoms with Gasteiger partial charge in [-0.05, 0) is 36.1 Å². The number of fused-ring (bicyclic) bond motifs is 1. The summed E-state index contributed by atoms with van der Waals surface area (Å²) in [6.45, 7) is 7.89. The maximum Gasteiger partial charge on any atom is 0.253 e. The van der Waals surface area contributed by atoms with Crippen LogP contribution in [0.25, 0.3) is 10.9 Å². The van der Waals surface area contributed by atoms with E-state index in [-0.39, 0.29) is 18.0 Å². The second-order valence-corrected chi connectivity index (χ2v) is 7.64. The van der Waals surface area contributed by atoms with Crippen molar-refractivity contribution in [2.24, 2.45) is 5.41 Å². The zero-order valence-corrected chi connectivity index (χ0v) is 15.7. The van der Waals surface area contributed by atoms with Gasteiger partial charge in [-0.25, -0.2) is 0 Å². The van der Waals surface area contributed by atoms with Crippen molar-refractivity contribution in [3.63, 3.8) is 0 Å². The van der Waals surface area contributed by atoms with Crippen LogP contribution < -0.4 is 10.5 Å². The number of aromatic amines is 1. The van der Waals surface area contributed by atoms with E-state index in [1.54, 1.807) is 4.90 Å². The van der Waals surface area contributed by atoms with Gasteiger partial charge < -0.3 is 9.88 Å². The molecule has 2 aromatic carbocycles. The van der Waals surface area contributed by atoms with Crippen LogP contribution in [0.2, 0.25) is 0 Å². The molecule has 4 heteroatoms. The molecule has 1 amide bonds. The van der Waals surface area contributed by atoms with E-state index in [9.17, 15) is 9.59 Å². The minimum absolute atomic E-state index is 0.0145. The van der Waals surface area contributed by atoms with Gasteiger partial charge in [-0.15, -0.1) is 0 Å². The molecule has 1 heterocycles. The molecule has 1 N–H and O–H groups in total. The van der Waals surface area contributed by atoms with E-state index in [0.29, 0.717) is 5.56 Å². The molecule has 0 radical (unpaired) electrons. The van der Waals surface area contributed by atoms with Gasteiger partial charge in [0.2, 0.25) is 5.91 Å². The molecule has 0 saturated carbocycles. The lowest BCUT2D eigenvalue weighted by atomic mass is 9.93. The first-order chi connectivity index (χ1) is 12.3. The number of nitrogens with zero attached hydrogens (tertiary/aromatic N) is 1. The number of hydrogen-bond donors (Lipinski definition) is 1. The van der Waals surface area contributed by atoms with Crippen LogP contribution in [0.15, 0.2) is 59.4 Å². The molecule has 1 aromatic heterocycles. The summed E-state index contributed by atoms with van der Waals surface area (Å²) >= 11 is 0. The topological polar surface area (TPSA) is 53.2 Å². The molecule has 0 saturated heterocycles. The highest BCUT2D eigenvalue weighted by Gasteiger charge is 2.29. The maximum absolute atomic E-state index is 13.1. The van der Waals surface area contributed by atoms with Crippen molar-refractivity contribution in [3.05, 3.63) is 76.1 Å². The first-order valence-electron chi connectivity index (χ1n) is 8.76. The summed E-state index contributed by atoms with van der Waals surface area (Å²) in [5, 5.41) is 0.954. The van der Waals surface area contributed by atoms with Crippen LogP contribution >= 0.6 is 0 Å². The molecule has 0 atom stereocenters. The fourth-order valence-electron chi connectivity index (χ4n) is 3.02. The van der Waals surface area contributed by atoms with Crippen molar-refractivity contribution < 1.29 is 4.79 Å². The number of aromatic nitrogens is 1. The largest absolute Gasteiger partial charge is 0.322 e. The van der Waals surface area contributed by atoms with Crippen molar-refractivity contribution in [1.82, 2.24) is 4.98 Å². The summed E-state index contributed by atoms with van der Waals surface area (Å²) in [4.78, 5) is 30.3. The Labute approximate surface area is 153 Å². The molecule has 26 heavy (non-hydrogen) atoms. The van der Waals surface area contributed by atoms with Crippen LogP contribution in [-0.2, 0) is 11.3 Å². The summed E-state index contributed by atoms with van der Waals surface area (Å²) in [7, 11) is 0. The smallest absolute Gasteiger partial charge is 0.253 e. The predicted molar refractivity (Wildman–Crippen MR) is 106 cm³/mol. The van der Waals surface area contributed by atoms with E-state index < -0.39 is 5.41 Å². The fourth-order valence-corrected chi connectivity index (χ4v) is 3.02. The number of hydrogen-bond acceptors (Lipinski definition) is 2. The third-order valence-electron chi connectivity index (χ3n) is 4.45. The molecule has 0 aliphatic carbocycles. The molecule has 134 valence electrons. The molecular weight excluding hydrogens is 324 g/mol. The Balaban J connectivity index is 2.09. The van der Waals surface area contributed by atoms with Gasteiger partial charge in [-0.1, -0.05) is 57.2 Å². The predicted octanol–water partition coefficient (Wildman–Crippen LogP) is 4.42. The van der Waals surface area contributed by atoms with Gasteiger partial charge in [0.05, 0.1) is 6.54 Å². The lowest BCUT2D eigenvalue weighted by molar-refractivity contribution is -0.125. The lowest BCUT2D eigenvalue weighted by Crippen LogP contribution is -2.40. The number of pyridine rings is 1. The lowest BCUT2D eigenvalue weighted by Gasteiger charge is -2.30. The van der Waals surface area contributed by atoms with E-state index >= 15 is 0 Å². The van der Waals surface area contributed by atoms with Gasteiger partial charge in [0.15, 0.2) is 0 Å².